The molecule has 0 aromatic carbocycles. The number of hydrogen-bond acceptors (Lipinski definition) is 5. The third-order valence-electron chi connectivity index (χ3n) is 3.96. The van der Waals surface area contributed by atoms with Gasteiger partial charge in [-0.3, -0.25) is 9.78 Å². The Hall–Kier alpha value is -1.79. The third-order valence-corrected chi connectivity index (χ3v) is 4.55. The van der Waals surface area contributed by atoms with Crippen LogP contribution in [0.4, 0.5) is 0 Å². The maximum atomic E-state index is 12.1. The number of aromatic nitrogens is 2. The van der Waals surface area contributed by atoms with Crippen molar-refractivity contribution in [3.63, 3.8) is 0 Å². The second-order valence-electron chi connectivity index (χ2n) is 5.63. The number of nitrogens with zero attached hydrogens (tertiary/aromatic N) is 2. The molecule has 0 unspecified atom stereocenters. The van der Waals surface area contributed by atoms with Crippen LogP contribution in [0.2, 0.25) is 0 Å². The Morgan fingerprint density at radius 3 is 2.82 bits per heavy atom. The lowest BCUT2D eigenvalue weighted by Gasteiger charge is -2.28. The zero-order valence-electron chi connectivity index (χ0n) is 12.2. The molecule has 2 heterocycles. The van der Waals surface area contributed by atoms with Crippen molar-refractivity contribution in [2.24, 2.45) is 0 Å². The van der Waals surface area contributed by atoms with E-state index in [1.807, 2.05) is 17.5 Å². The van der Waals surface area contributed by atoms with Crippen molar-refractivity contribution in [2.45, 2.75) is 44.2 Å². The second-order valence-corrected chi connectivity index (χ2v) is 6.35. The largest absolute Gasteiger partial charge is 0.391 e. The maximum Gasteiger partial charge on any atom is 0.224 e. The first-order valence-corrected chi connectivity index (χ1v) is 8.47. The number of rotatable bonds is 4. The first-order valence-electron chi connectivity index (χ1n) is 7.53. The van der Waals surface area contributed by atoms with Crippen LogP contribution in [0.1, 0.15) is 31.2 Å². The Morgan fingerprint density at radius 1 is 1.27 bits per heavy atom. The molecule has 1 fully saturated rings. The van der Waals surface area contributed by atoms with E-state index in [0.717, 1.165) is 42.6 Å². The highest BCUT2D eigenvalue weighted by atomic mass is 32.1. The number of carbonyl (C=O) groups is 1. The molecule has 1 saturated carbocycles. The summed E-state index contributed by atoms with van der Waals surface area (Å²) in [5.74, 6) is -0.0610. The number of thiazole rings is 1. The van der Waals surface area contributed by atoms with Crippen LogP contribution in [-0.4, -0.2) is 33.1 Å². The average molecular weight is 317 g/mol. The summed E-state index contributed by atoms with van der Waals surface area (Å²) in [5, 5.41) is 14.8. The van der Waals surface area contributed by atoms with Gasteiger partial charge in [0.1, 0.15) is 0 Å². The van der Waals surface area contributed by atoms with Gasteiger partial charge >= 0.3 is 0 Å². The van der Waals surface area contributed by atoms with Crippen LogP contribution in [0.25, 0.3) is 11.4 Å². The number of amides is 1. The monoisotopic (exact) mass is 317 g/mol. The maximum absolute atomic E-state index is 12.1. The van der Waals surface area contributed by atoms with Crippen LogP contribution in [0.15, 0.2) is 29.2 Å². The molecule has 5 nitrogen and oxygen atoms in total. The second kappa shape index (κ2) is 6.98. The first kappa shape index (κ1) is 15.1. The Morgan fingerprint density at radius 2 is 2.14 bits per heavy atom. The van der Waals surface area contributed by atoms with Gasteiger partial charge in [-0.1, -0.05) is 18.9 Å². The molecule has 2 aromatic rings. The highest BCUT2D eigenvalue weighted by Crippen LogP contribution is 2.19. The van der Waals surface area contributed by atoms with Crippen LogP contribution >= 0.6 is 11.3 Å². The van der Waals surface area contributed by atoms with E-state index in [2.05, 4.69) is 15.3 Å². The molecule has 1 aliphatic rings. The van der Waals surface area contributed by atoms with E-state index in [1.165, 1.54) is 11.3 Å². The number of carbonyl (C=O) groups excluding carboxylic acids is 1. The lowest BCUT2D eigenvalue weighted by atomic mass is 9.92. The van der Waals surface area contributed by atoms with Crippen LogP contribution in [0.5, 0.6) is 0 Å². The molecule has 1 aliphatic carbocycles. The molecule has 0 saturated heterocycles. The number of aliphatic hydroxyl groups is 1. The van der Waals surface area contributed by atoms with Crippen molar-refractivity contribution in [1.29, 1.82) is 0 Å². The van der Waals surface area contributed by atoms with Gasteiger partial charge in [-0.25, -0.2) is 4.98 Å². The molecule has 2 atom stereocenters. The van der Waals surface area contributed by atoms with Gasteiger partial charge in [0.15, 0.2) is 0 Å². The lowest BCUT2D eigenvalue weighted by Crippen LogP contribution is -2.45. The third kappa shape index (κ3) is 3.69. The molecular formula is C16H19N3O2S. The topological polar surface area (TPSA) is 75.1 Å². The highest BCUT2D eigenvalue weighted by Gasteiger charge is 2.24. The van der Waals surface area contributed by atoms with E-state index in [1.54, 1.807) is 11.7 Å². The summed E-state index contributed by atoms with van der Waals surface area (Å²) in [5.41, 5.74) is 4.30. The minimum Gasteiger partial charge on any atom is -0.391 e. The summed E-state index contributed by atoms with van der Waals surface area (Å²) in [6, 6.07) is 3.68. The molecule has 22 heavy (non-hydrogen) atoms. The average Bonchev–Trinajstić information content (AvgIpc) is 3.05. The van der Waals surface area contributed by atoms with Crippen molar-refractivity contribution in [1.82, 2.24) is 15.3 Å². The summed E-state index contributed by atoms with van der Waals surface area (Å²) < 4.78 is 0. The molecule has 3 rings (SSSR count). The number of pyridine rings is 1. The van der Waals surface area contributed by atoms with Crippen molar-refractivity contribution in [3.05, 3.63) is 34.8 Å². The molecule has 6 heteroatoms. The van der Waals surface area contributed by atoms with Crippen molar-refractivity contribution >= 4 is 17.2 Å². The predicted octanol–water partition coefficient (Wildman–Crippen LogP) is 2.17. The van der Waals surface area contributed by atoms with E-state index in [0.29, 0.717) is 0 Å². The summed E-state index contributed by atoms with van der Waals surface area (Å²) in [6.45, 7) is 0. The molecule has 0 radical (unpaired) electrons. The zero-order chi connectivity index (χ0) is 15.4. The molecule has 2 aromatic heterocycles. The number of aliphatic hydroxyl groups excluding tert-OH is 1. The van der Waals surface area contributed by atoms with E-state index >= 15 is 0 Å². The minimum atomic E-state index is -0.414. The Kier molecular flexibility index (Phi) is 4.80. The normalized spacial score (nSPS) is 21.5. The van der Waals surface area contributed by atoms with Crippen molar-refractivity contribution < 1.29 is 9.90 Å². The highest BCUT2D eigenvalue weighted by molar-refractivity contribution is 7.07. The molecular weight excluding hydrogens is 298 g/mol. The van der Waals surface area contributed by atoms with Gasteiger partial charge < -0.3 is 10.4 Å². The molecule has 0 spiro atoms. The van der Waals surface area contributed by atoms with Gasteiger partial charge in [0.05, 0.1) is 35.5 Å². The fourth-order valence-corrected chi connectivity index (χ4v) is 3.29. The van der Waals surface area contributed by atoms with E-state index in [9.17, 15) is 9.90 Å². The van der Waals surface area contributed by atoms with Gasteiger partial charge in [-0.05, 0) is 24.5 Å². The van der Waals surface area contributed by atoms with Crippen LogP contribution < -0.4 is 5.32 Å². The molecule has 0 bridgehead atoms. The van der Waals surface area contributed by atoms with Gasteiger partial charge in [0.25, 0.3) is 0 Å². The standard InChI is InChI=1S/C16H19N3O2S/c20-15-4-2-1-3-13(15)19-16(21)7-11-5-6-12(17-8-11)14-9-22-10-18-14/h5-6,8-10,13,15,20H,1-4,7H2,(H,19,21)/t13-,15-/m0/s1. The van der Waals surface area contributed by atoms with Gasteiger partial charge in [0.2, 0.25) is 5.91 Å². The fraction of sp³-hybridized carbons (Fsp3) is 0.438. The van der Waals surface area contributed by atoms with Crippen LogP contribution in [-0.2, 0) is 11.2 Å². The Bertz CT molecular complexity index is 613. The van der Waals surface area contributed by atoms with Crippen molar-refractivity contribution in [3.8, 4) is 11.4 Å². The molecule has 2 N–H and O–H groups in total. The number of nitrogens with one attached hydrogen (secondary N) is 1. The summed E-state index contributed by atoms with van der Waals surface area (Å²) in [7, 11) is 0. The summed E-state index contributed by atoms with van der Waals surface area (Å²) >= 11 is 1.53. The smallest absolute Gasteiger partial charge is 0.224 e. The fourth-order valence-electron chi connectivity index (χ4n) is 2.74. The lowest BCUT2D eigenvalue weighted by molar-refractivity contribution is -0.122. The molecule has 1 amide bonds. The summed E-state index contributed by atoms with van der Waals surface area (Å²) in [4.78, 5) is 20.6. The Labute approximate surface area is 133 Å². The number of hydrogen-bond donors (Lipinski definition) is 2. The van der Waals surface area contributed by atoms with Gasteiger partial charge in [0, 0.05) is 11.6 Å². The van der Waals surface area contributed by atoms with Crippen LogP contribution in [0.3, 0.4) is 0 Å². The molecule has 116 valence electrons. The minimum absolute atomic E-state index is 0.0610. The van der Waals surface area contributed by atoms with E-state index in [4.69, 9.17) is 0 Å². The first-order chi connectivity index (χ1) is 10.7. The SMILES string of the molecule is O=C(Cc1ccc(-c2cscn2)nc1)N[C@H]1CCCC[C@@H]1O. The van der Waals surface area contributed by atoms with Crippen molar-refractivity contribution in [2.75, 3.05) is 0 Å². The quantitative estimate of drug-likeness (QED) is 0.906. The van der Waals surface area contributed by atoms with E-state index in [-0.39, 0.29) is 18.4 Å². The summed E-state index contributed by atoms with van der Waals surface area (Å²) in [6.07, 6.45) is 5.31. The molecule has 0 aliphatic heterocycles. The van der Waals surface area contributed by atoms with E-state index < -0.39 is 6.10 Å². The van der Waals surface area contributed by atoms with Gasteiger partial charge in [-0.15, -0.1) is 11.3 Å². The van der Waals surface area contributed by atoms with Gasteiger partial charge in [-0.2, -0.15) is 0 Å². The zero-order valence-corrected chi connectivity index (χ0v) is 13.1. The van der Waals surface area contributed by atoms with Crippen LogP contribution in [0, 0.1) is 0 Å². The Balaban J connectivity index is 1.57. The predicted molar refractivity (Wildman–Crippen MR) is 85.5 cm³/mol.